The molecule has 0 unspecified atom stereocenters. The van der Waals surface area contributed by atoms with Gasteiger partial charge >= 0.3 is 0 Å². The number of halogens is 1. The molecule has 1 aromatic rings. The van der Waals surface area contributed by atoms with Gasteiger partial charge in [0.25, 0.3) is 5.56 Å². The van der Waals surface area contributed by atoms with E-state index in [1.807, 2.05) is 14.1 Å². The molecule has 1 aromatic heterocycles. The Bertz CT molecular complexity index is 496. The second-order valence-electron chi connectivity index (χ2n) is 5.74. The van der Waals surface area contributed by atoms with E-state index in [9.17, 15) is 4.79 Å². The van der Waals surface area contributed by atoms with E-state index in [1.54, 1.807) is 10.9 Å². The second kappa shape index (κ2) is 7.09. The third-order valence-electron chi connectivity index (χ3n) is 3.74. The molecule has 0 atom stereocenters. The van der Waals surface area contributed by atoms with E-state index in [4.69, 9.17) is 11.6 Å². The van der Waals surface area contributed by atoms with Crippen LogP contribution in [0.4, 0.5) is 5.69 Å². The van der Waals surface area contributed by atoms with Gasteiger partial charge in [-0.25, -0.2) is 4.68 Å². The first-order valence-electron chi connectivity index (χ1n) is 7.22. The van der Waals surface area contributed by atoms with Crippen molar-refractivity contribution in [3.8, 4) is 0 Å². The van der Waals surface area contributed by atoms with Gasteiger partial charge in [-0.1, -0.05) is 18.0 Å². The van der Waals surface area contributed by atoms with Crippen molar-refractivity contribution in [2.24, 2.45) is 5.92 Å². The number of nitrogens with zero attached hydrogens (tertiary/aromatic N) is 3. The van der Waals surface area contributed by atoms with Crippen LogP contribution in [0.2, 0.25) is 5.02 Å². The number of hydrogen-bond donors (Lipinski definition) is 1. The zero-order valence-corrected chi connectivity index (χ0v) is 13.0. The molecule has 1 fully saturated rings. The van der Waals surface area contributed by atoms with Crippen LogP contribution in [0, 0.1) is 5.92 Å². The number of hydrogen-bond acceptors (Lipinski definition) is 4. The topological polar surface area (TPSA) is 50.2 Å². The summed E-state index contributed by atoms with van der Waals surface area (Å²) in [5.41, 5.74) is 0.383. The SMILES string of the molecule is CN(C)CCCNc1c(Cl)cnn(CC2CCC2)c1=O. The molecule has 20 heavy (non-hydrogen) atoms. The molecular weight excluding hydrogens is 276 g/mol. The fraction of sp³-hybridized carbons (Fsp3) is 0.714. The standard InChI is InChI=1S/C14H23ClN4O/c1-18(2)8-4-7-16-13-12(15)9-17-19(14(13)20)10-11-5-3-6-11/h9,11,16H,3-8,10H2,1-2H3. The van der Waals surface area contributed by atoms with E-state index < -0.39 is 0 Å². The third-order valence-corrected chi connectivity index (χ3v) is 4.02. The molecule has 2 rings (SSSR count). The van der Waals surface area contributed by atoms with E-state index in [-0.39, 0.29) is 5.56 Å². The molecule has 6 heteroatoms. The molecule has 1 N–H and O–H groups in total. The van der Waals surface area contributed by atoms with E-state index in [0.29, 0.717) is 23.2 Å². The highest BCUT2D eigenvalue weighted by Crippen LogP contribution is 2.27. The molecule has 1 aliphatic carbocycles. The lowest BCUT2D eigenvalue weighted by Crippen LogP contribution is -2.31. The number of aromatic nitrogens is 2. The molecule has 0 saturated heterocycles. The Kier molecular flexibility index (Phi) is 5.43. The molecule has 0 amide bonds. The van der Waals surface area contributed by atoms with Crippen molar-refractivity contribution in [3.05, 3.63) is 21.6 Å². The Morgan fingerprint density at radius 1 is 1.50 bits per heavy atom. The highest BCUT2D eigenvalue weighted by molar-refractivity contribution is 6.32. The quantitative estimate of drug-likeness (QED) is 0.783. The summed E-state index contributed by atoms with van der Waals surface area (Å²) in [6, 6.07) is 0. The Balaban J connectivity index is 1.99. The van der Waals surface area contributed by atoms with Crippen molar-refractivity contribution in [2.75, 3.05) is 32.5 Å². The zero-order valence-electron chi connectivity index (χ0n) is 12.2. The average molecular weight is 299 g/mol. The maximum Gasteiger partial charge on any atom is 0.291 e. The number of anilines is 1. The van der Waals surface area contributed by atoms with Crippen molar-refractivity contribution >= 4 is 17.3 Å². The van der Waals surface area contributed by atoms with Crippen molar-refractivity contribution < 1.29 is 0 Å². The molecule has 112 valence electrons. The fourth-order valence-electron chi connectivity index (χ4n) is 2.29. The van der Waals surface area contributed by atoms with Crippen LogP contribution in [0.1, 0.15) is 25.7 Å². The van der Waals surface area contributed by atoms with Crippen LogP contribution in [0.25, 0.3) is 0 Å². The lowest BCUT2D eigenvalue weighted by Gasteiger charge is -2.25. The predicted octanol–water partition coefficient (Wildman–Crippen LogP) is 2.06. The van der Waals surface area contributed by atoms with Crippen molar-refractivity contribution in [1.82, 2.24) is 14.7 Å². The van der Waals surface area contributed by atoms with Gasteiger partial charge in [0.2, 0.25) is 0 Å². The molecule has 0 aromatic carbocycles. The second-order valence-corrected chi connectivity index (χ2v) is 6.14. The predicted molar refractivity (Wildman–Crippen MR) is 82.5 cm³/mol. The summed E-state index contributed by atoms with van der Waals surface area (Å²) < 4.78 is 1.55. The smallest absolute Gasteiger partial charge is 0.291 e. The van der Waals surface area contributed by atoms with Gasteiger partial charge in [0.15, 0.2) is 0 Å². The Morgan fingerprint density at radius 3 is 2.85 bits per heavy atom. The monoisotopic (exact) mass is 298 g/mol. The molecule has 1 saturated carbocycles. The van der Waals surface area contributed by atoms with Crippen molar-refractivity contribution in [2.45, 2.75) is 32.2 Å². The van der Waals surface area contributed by atoms with Crippen LogP contribution < -0.4 is 10.9 Å². The van der Waals surface area contributed by atoms with Crippen LogP contribution in [-0.4, -0.2) is 41.9 Å². The van der Waals surface area contributed by atoms with Crippen LogP contribution >= 0.6 is 11.6 Å². The zero-order chi connectivity index (χ0) is 14.5. The van der Waals surface area contributed by atoms with Crippen molar-refractivity contribution in [3.63, 3.8) is 0 Å². The van der Waals surface area contributed by atoms with E-state index >= 15 is 0 Å². The molecule has 0 radical (unpaired) electrons. The maximum absolute atomic E-state index is 12.3. The molecule has 0 spiro atoms. The van der Waals surface area contributed by atoms with Gasteiger partial charge in [-0.05, 0) is 45.8 Å². The Labute approximate surface area is 124 Å². The van der Waals surface area contributed by atoms with E-state index in [2.05, 4.69) is 15.3 Å². The highest BCUT2D eigenvalue weighted by atomic mass is 35.5. The summed E-state index contributed by atoms with van der Waals surface area (Å²) in [6.07, 6.45) is 6.19. The maximum atomic E-state index is 12.3. The van der Waals surface area contributed by atoms with E-state index in [1.165, 1.54) is 19.3 Å². The summed E-state index contributed by atoms with van der Waals surface area (Å²) >= 11 is 6.08. The number of nitrogens with one attached hydrogen (secondary N) is 1. The molecule has 1 aliphatic rings. The molecule has 0 bridgehead atoms. The largest absolute Gasteiger partial charge is 0.379 e. The minimum absolute atomic E-state index is 0.103. The van der Waals surface area contributed by atoms with Gasteiger partial charge in [0, 0.05) is 13.1 Å². The molecule has 1 heterocycles. The third kappa shape index (κ3) is 3.96. The van der Waals surface area contributed by atoms with Gasteiger partial charge in [-0.2, -0.15) is 5.10 Å². The summed E-state index contributed by atoms with van der Waals surface area (Å²) in [6.45, 7) is 2.43. The first kappa shape index (κ1) is 15.3. The lowest BCUT2D eigenvalue weighted by atomic mass is 9.85. The van der Waals surface area contributed by atoms with Crippen LogP contribution in [0.5, 0.6) is 0 Å². The van der Waals surface area contributed by atoms with E-state index in [0.717, 1.165) is 19.5 Å². The van der Waals surface area contributed by atoms with Gasteiger partial charge in [0.1, 0.15) is 5.69 Å². The first-order valence-corrected chi connectivity index (χ1v) is 7.60. The molecular formula is C14H23ClN4O. The Hall–Kier alpha value is -1.07. The average Bonchev–Trinajstić information content (AvgIpc) is 2.34. The first-order chi connectivity index (χ1) is 9.58. The summed E-state index contributed by atoms with van der Waals surface area (Å²) in [5, 5.41) is 7.70. The minimum Gasteiger partial charge on any atom is -0.379 e. The van der Waals surface area contributed by atoms with Gasteiger partial charge in [0.05, 0.1) is 11.2 Å². The Morgan fingerprint density at radius 2 is 2.25 bits per heavy atom. The van der Waals surface area contributed by atoms with Gasteiger partial charge in [-0.15, -0.1) is 0 Å². The summed E-state index contributed by atoms with van der Waals surface area (Å²) in [5.74, 6) is 0.600. The normalized spacial score (nSPS) is 15.4. The van der Waals surface area contributed by atoms with Crippen molar-refractivity contribution in [1.29, 1.82) is 0 Å². The molecule has 5 nitrogen and oxygen atoms in total. The number of rotatable bonds is 7. The van der Waals surface area contributed by atoms with Gasteiger partial charge < -0.3 is 10.2 Å². The van der Waals surface area contributed by atoms with Crippen LogP contribution in [-0.2, 0) is 6.54 Å². The van der Waals surface area contributed by atoms with Crippen LogP contribution in [0.15, 0.2) is 11.0 Å². The summed E-state index contributed by atoms with van der Waals surface area (Å²) in [7, 11) is 4.07. The lowest BCUT2D eigenvalue weighted by molar-refractivity contribution is 0.262. The molecule has 0 aliphatic heterocycles. The fourth-order valence-corrected chi connectivity index (χ4v) is 2.48. The minimum atomic E-state index is -0.103. The summed E-state index contributed by atoms with van der Waals surface area (Å²) in [4.78, 5) is 14.5. The highest BCUT2D eigenvalue weighted by Gasteiger charge is 2.20. The van der Waals surface area contributed by atoms with Gasteiger partial charge in [-0.3, -0.25) is 4.79 Å². The van der Waals surface area contributed by atoms with Crippen LogP contribution in [0.3, 0.4) is 0 Å².